The summed E-state index contributed by atoms with van der Waals surface area (Å²) in [6, 6.07) is 0.710. The lowest BCUT2D eigenvalue weighted by Crippen LogP contribution is -2.44. The first-order chi connectivity index (χ1) is 10.8. The minimum absolute atomic E-state index is 0.589. The van der Waals surface area contributed by atoms with E-state index in [1.54, 1.807) is 0 Å². The number of ether oxygens (including phenoxy) is 1. The summed E-state index contributed by atoms with van der Waals surface area (Å²) < 4.78 is 5.34. The number of hydrogen-bond donors (Lipinski definition) is 2. The predicted molar refractivity (Wildman–Crippen MR) is 91.3 cm³/mol. The maximum atomic E-state index is 5.93. The molecule has 0 saturated carbocycles. The zero-order valence-electron chi connectivity index (χ0n) is 14.1. The zero-order valence-corrected chi connectivity index (χ0v) is 14.1. The summed E-state index contributed by atoms with van der Waals surface area (Å²) in [6.07, 6.45) is 5.09. The molecule has 0 spiro atoms. The smallest absolute Gasteiger partial charge is 0.188 e. The fourth-order valence-electron chi connectivity index (χ4n) is 3.19. The molecule has 0 bridgehead atoms. The molecule has 1 unspecified atom stereocenters. The molecule has 2 aliphatic heterocycles. The van der Waals surface area contributed by atoms with Crippen LogP contribution in [0.2, 0.25) is 0 Å². The zero-order chi connectivity index (χ0) is 15.6. The molecular weight excluding hydrogens is 278 g/mol. The number of nitrogens with zero attached hydrogens (tertiary/aromatic N) is 3. The summed E-state index contributed by atoms with van der Waals surface area (Å²) >= 11 is 0. The molecule has 1 atom stereocenters. The average molecular weight is 311 g/mol. The maximum Gasteiger partial charge on any atom is 0.188 e. The Hall–Kier alpha value is -0.850. The van der Waals surface area contributed by atoms with E-state index < -0.39 is 0 Å². The Morgan fingerprint density at radius 1 is 1.23 bits per heavy atom. The first-order valence-corrected chi connectivity index (χ1v) is 8.83. The molecule has 0 aromatic heterocycles. The minimum atomic E-state index is 0.589. The summed E-state index contributed by atoms with van der Waals surface area (Å²) in [5.74, 6) is 0.589. The van der Waals surface area contributed by atoms with Gasteiger partial charge >= 0.3 is 0 Å². The molecule has 6 nitrogen and oxygen atoms in total. The van der Waals surface area contributed by atoms with Gasteiger partial charge in [-0.3, -0.25) is 14.8 Å². The fourth-order valence-corrected chi connectivity index (χ4v) is 3.19. The molecule has 22 heavy (non-hydrogen) atoms. The molecule has 6 heteroatoms. The van der Waals surface area contributed by atoms with E-state index in [1.807, 2.05) is 0 Å². The first kappa shape index (κ1) is 17.5. The van der Waals surface area contributed by atoms with Crippen molar-refractivity contribution in [2.24, 2.45) is 10.7 Å². The molecule has 2 aliphatic rings. The third kappa shape index (κ3) is 6.50. The predicted octanol–water partition coefficient (Wildman–Crippen LogP) is 0.487. The van der Waals surface area contributed by atoms with Crippen LogP contribution in [0.25, 0.3) is 0 Å². The molecule has 0 aromatic carbocycles. The molecular formula is C16H33N5O. The highest BCUT2D eigenvalue weighted by Crippen LogP contribution is 2.15. The molecule has 2 saturated heterocycles. The second kappa shape index (κ2) is 10.0. The summed E-state index contributed by atoms with van der Waals surface area (Å²) in [5.41, 5.74) is 5.93. The van der Waals surface area contributed by atoms with Crippen molar-refractivity contribution < 1.29 is 4.74 Å². The highest BCUT2D eigenvalue weighted by atomic mass is 16.5. The number of rotatable bonds is 7. The van der Waals surface area contributed by atoms with E-state index in [-0.39, 0.29) is 0 Å². The first-order valence-electron chi connectivity index (χ1n) is 8.83. The van der Waals surface area contributed by atoms with Crippen LogP contribution in [0.15, 0.2) is 4.99 Å². The number of aliphatic imine (C=N–C) groups is 1. The maximum absolute atomic E-state index is 5.93. The number of likely N-dealkylation sites (tertiary alicyclic amines) is 1. The monoisotopic (exact) mass is 311 g/mol. The Morgan fingerprint density at radius 3 is 2.82 bits per heavy atom. The van der Waals surface area contributed by atoms with Crippen LogP contribution < -0.4 is 11.1 Å². The number of guanidine groups is 1. The highest BCUT2D eigenvalue weighted by molar-refractivity contribution is 5.77. The van der Waals surface area contributed by atoms with Gasteiger partial charge < -0.3 is 15.8 Å². The van der Waals surface area contributed by atoms with Crippen molar-refractivity contribution in [3.8, 4) is 0 Å². The average Bonchev–Trinajstić information content (AvgIpc) is 2.54. The van der Waals surface area contributed by atoms with Crippen LogP contribution in [0.4, 0.5) is 0 Å². The van der Waals surface area contributed by atoms with Gasteiger partial charge in [0, 0.05) is 45.3 Å². The molecule has 2 rings (SSSR count). The van der Waals surface area contributed by atoms with Crippen molar-refractivity contribution in [1.29, 1.82) is 0 Å². The van der Waals surface area contributed by atoms with Gasteiger partial charge in [-0.05, 0) is 32.7 Å². The van der Waals surface area contributed by atoms with E-state index in [4.69, 9.17) is 10.5 Å². The van der Waals surface area contributed by atoms with Crippen LogP contribution in [-0.4, -0.2) is 80.8 Å². The van der Waals surface area contributed by atoms with Gasteiger partial charge in [0.2, 0.25) is 0 Å². The van der Waals surface area contributed by atoms with Crippen molar-refractivity contribution in [3.63, 3.8) is 0 Å². The van der Waals surface area contributed by atoms with Crippen LogP contribution in [-0.2, 0) is 4.74 Å². The third-order valence-corrected chi connectivity index (χ3v) is 4.66. The van der Waals surface area contributed by atoms with Crippen molar-refractivity contribution in [1.82, 2.24) is 15.1 Å². The molecule has 0 aliphatic carbocycles. The molecule has 2 fully saturated rings. The topological polar surface area (TPSA) is 66.1 Å². The van der Waals surface area contributed by atoms with Gasteiger partial charge in [-0.15, -0.1) is 0 Å². The quantitative estimate of drug-likeness (QED) is 0.407. The molecule has 0 aromatic rings. The van der Waals surface area contributed by atoms with Crippen molar-refractivity contribution in [3.05, 3.63) is 0 Å². The number of nitrogens with two attached hydrogens (primary N) is 1. The lowest BCUT2D eigenvalue weighted by Gasteiger charge is -2.33. The molecule has 2 heterocycles. The Kier molecular flexibility index (Phi) is 7.98. The third-order valence-electron chi connectivity index (χ3n) is 4.66. The number of piperidine rings is 1. The van der Waals surface area contributed by atoms with Crippen LogP contribution in [0, 0.1) is 0 Å². The second-order valence-electron chi connectivity index (χ2n) is 6.38. The van der Waals surface area contributed by atoms with Gasteiger partial charge in [-0.25, -0.2) is 0 Å². The van der Waals surface area contributed by atoms with E-state index in [0.717, 1.165) is 58.9 Å². The van der Waals surface area contributed by atoms with Crippen molar-refractivity contribution >= 4 is 5.96 Å². The Bertz CT molecular complexity index is 330. The van der Waals surface area contributed by atoms with Crippen LogP contribution >= 0.6 is 0 Å². The Balaban J connectivity index is 1.51. The number of nitrogens with one attached hydrogen (secondary N) is 1. The molecule has 0 amide bonds. The summed E-state index contributed by atoms with van der Waals surface area (Å²) in [4.78, 5) is 9.39. The molecule has 3 N–H and O–H groups in total. The van der Waals surface area contributed by atoms with Gasteiger partial charge in [-0.1, -0.05) is 6.42 Å². The van der Waals surface area contributed by atoms with Crippen molar-refractivity contribution in [2.75, 3.05) is 59.0 Å². The summed E-state index contributed by atoms with van der Waals surface area (Å²) in [6.45, 7) is 11.2. The van der Waals surface area contributed by atoms with Crippen LogP contribution in [0.5, 0.6) is 0 Å². The van der Waals surface area contributed by atoms with Gasteiger partial charge in [-0.2, -0.15) is 0 Å². The van der Waals surface area contributed by atoms with E-state index in [1.165, 1.54) is 25.8 Å². The molecule has 0 radical (unpaired) electrons. The number of hydrogen-bond acceptors (Lipinski definition) is 4. The Morgan fingerprint density at radius 2 is 2.05 bits per heavy atom. The van der Waals surface area contributed by atoms with Crippen LogP contribution in [0.3, 0.4) is 0 Å². The van der Waals surface area contributed by atoms with E-state index in [9.17, 15) is 0 Å². The summed E-state index contributed by atoms with van der Waals surface area (Å²) in [5, 5.41) is 3.24. The summed E-state index contributed by atoms with van der Waals surface area (Å²) in [7, 11) is 0. The van der Waals surface area contributed by atoms with Gasteiger partial charge in [0.05, 0.1) is 13.2 Å². The Labute approximate surface area is 135 Å². The van der Waals surface area contributed by atoms with E-state index in [2.05, 4.69) is 27.0 Å². The largest absolute Gasteiger partial charge is 0.379 e. The normalized spacial score (nSPS) is 25.3. The molecule has 128 valence electrons. The van der Waals surface area contributed by atoms with E-state index in [0.29, 0.717) is 12.0 Å². The lowest BCUT2D eigenvalue weighted by atomic mass is 10.0. The van der Waals surface area contributed by atoms with Gasteiger partial charge in [0.1, 0.15) is 0 Å². The van der Waals surface area contributed by atoms with Gasteiger partial charge in [0.25, 0.3) is 0 Å². The van der Waals surface area contributed by atoms with E-state index >= 15 is 0 Å². The van der Waals surface area contributed by atoms with Gasteiger partial charge in [0.15, 0.2) is 5.96 Å². The SMILES string of the molecule is CC1CCCCN1CCNC(N)=NCCCN1CCOCC1. The lowest BCUT2D eigenvalue weighted by molar-refractivity contribution is 0.0377. The number of morpholine rings is 1. The van der Waals surface area contributed by atoms with Crippen LogP contribution in [0.1, 0.15) is 32.6 Å². The second-order valence-corrected chi connectivity index (χ2v) is 6.38. The standard InChI is InChI=1S/C16H33N5O/c1-15-5-2-3-9-21(15)10-7-19-16(17)18-6-4-8-20-11-13-22-14-12-20/h15H,2-14H2,1H3,(H3,17,18,19). The fraction of sp³-hybridized carbons (Fsp3) is 0.938. The minimum Gasteiger partial charge on any atom is -0.379 e. The highest BCUT2D eigenvalue weighted by Gasteiger charge is 2.17. The van der Waals surface area contributed by atoms with Crippen molar-refractivity contribution in [2.45, 2.75) is 38.6 Å².